The van der Waals surface area contributed by atoms with Crippen molar-refractivity contribution in [1.29, 1.82) is 5.26 Å². The molecule has 0 amide bonds. The third-order valence-corrected chi connectivity index (χ3v) is 2.93. The predicted molar refractivity (Wildman–Crippen MR) is 50.7 cm³/mol. The lowest BCUT2D eigenvalue weighted by Gasteiger charge is -2.04. The molecule has 0 bridgehead atoms. The summed E-state index contributed by atoms with van der Waals surface area (Å²) in [5.74, 6) is -3.26. The van der Waals surface area contributed by atoms with Crippen LogP contribution < -0.4 is 0 Å². The van der Waals surface area contributed by atoms with Gasteiger partial charge in [0.25, 0.3) is 5.76 Å². The van der Waals surface area contributed by atoms with Crippen molar-refractivity contribution in [2.45, 2.75) is 10.7 Å². The van der Waals surface area contributed by atoms with Crippen LogP contribution in [0.2, 0.25) is 0 Å². The summed E-state index contributed by atoms with van der Waals surface area (Å²) in [7, 11) is 0. The van der Waals surface area contributed by atoms with Crippen LogP contribution in [0.1, 0.15) is 5.56 Å². The quantitative estimate of drug-likeness (QED) is 0.771. The summed E-state index contributed by atoms with van der Waals surface area (Å²) in [5, 5.41) is 8.63. The lowest BCUT2D eigenvalue weighted by molar-refractivity contribution is 0.252. The Kier molecular flexibility index (Phi) is 3.84. The molecule has 0 N–H and O–H groups in total. The van der Waals surface area contributed by atoms with Crippen LogP contribution in [0.3, 0.4) is 0 Å². The summed E-state index contributed by atoms with van der Waals surface area (Å²) in [4.78, 5) is 0.0655. The summed E-state index contributed by atoms with van der Waals surface area (Å²) in [5.41, 5.74) is -0.102. The summed E-state index contributed by atoms with van der Waals surface area (Å²) in [6, 6.07) is 3.87. The molecular formula is C8H3BrF3NS. The van der Waals surface area contributed by atoms with Crippen LogP contribution >= 0.6 is 27.7 Å². The Morgan fingerprint density at radius 1 is 1.43 bits per heavy atom. The molecule has 0 aliphatic heterocycles. The van der Waals surface area contributed by atoms with Gasteiger partial charge in [-0.3, -0.25) is 0 Å². The zero-order chi connectivity index (χ0) is 10.7. The molecule has 14 heavy (non-hydrogen) atoms. The molecule has 0 fully saturated rings. The van der Waals surface area contributed by atoms with Crippen molar-refractivity contribution in [1.82, 2.24) is 0 Å². The number of alkyl halides is 2. The fourth-order valence-electron chi connectivity index (χ4n) is 0.831. The Morgan fingerprint density at radius 2 is 2.07 bits per heavy atom. The van der Waals surface area contributed by atoms with E-state index in [-0.39, 0.29) is 26.7 Å². The highest BCUT2D eigenvalue weighted by Crippen LogP contribution is 2.33. The molecule has 74 valence electrons. The SMILES string of the molecule is N#Cc1c(SC(F)F)ccc(F)c1Br. The molecule has 0 aromatic heterocycles. The first kappa shape index (κ1) is 11.4. The highest BCUT2D eigenvalue weighted by atomic mass is 79.9. The minimum Gasteiger partial charge on any atom is -0.206 e. The molecule has 0 aliphatic carbocycles. The van der Waals surface area contributed by atoms with Crippen LogP contribution in [0.15, 0.2) is 21.5 Å². The van der Waals surface area contributed by atoms with Gasteiger partial charge in [-0.25, -0.2) is 4.39 Å². The molecule has 6 heteroatoms. The molecule has 0 aliphatic rings. The van der Waals surface area contributed by atoms with Crippen LogP contribution in [0.5, 0.6) is 0 Å². The second kappa shape index (κ2) is 4.71. The number of hydrogen-bond acceptors (Lipinski definition) is 2. The van der Waals surface area contributed by atoms with Gasteiger partial charge in [0.1, 0.15) is 11.9 Å². The molecule has 0 saturated heterocycles. The van der Waals surface area contributed by atoms with E-state index in [4.69, 9.17) is 5.26 Å². The van der Waals surface area contributed by atoms with E-state index in [0.29, 0.717) is 0 Å². The fraction of sp³-hybridized carbons (Fsp3) is 0.125. The summed E-state index contributed by atoms with van der Waals surface area (Å²) in [6.45, 7) is 0. The van der Waals surface area contributed by atoms with E-state index in [9.17, 15) is 13.2 Å². The maximum absolute atomic E-state index is 12.9. The topological polar surface area (TPSA) is 23.8 Å². The van der Waals surface area contributed by atoms with E-state index in [1.54, 1.807) is 6.07 Å². The van der Waals surface area contributed by atoms with Crippen molar-refractivity contribution < 1.29 is 13.2 Å². The number of nitriles is 1. The number of benzene rings is 1. The second-order valence-corrected chi connectivity index (χ2v) is 4.05. The highest BCUT2D eigenvalue weighted by molar-refractivity contribution is 9.10. The molecule has 0 spiro atoms. The van der Waals surface area contributed by atoms with Gasteiger partial charge in [-0.15, -0.1) is 0 Å². The highest BCUT2D eigenvalue weighted by Gasteiger charge is 2.14. The minimum absolute atomic E-state index is 0.0655. The van der Waals surface area contributed by atoms with Gasteiger partial charge in [-0.2, -0.15) is 14.0 Å². The van der Waals surface area contributed by atoms with Gasteiger partial charge in [0, 0.05) is 4.90 Å². The predicted octanol–water partition coefficient (Wildman–Crippen LogP) is 3.77. The molecule has 0 atom stereocenters. The first-order chi connectivity index (χ1) is 6.56. The van der Waals surface area contributed by atoms with Gasteiger partial charge in [0.05, 0.1) is 10.0 Å². The molecule has 0 saturated carbocycles. The number of hydrogen-bond donors (Lipinski definition) is 0. The first-order valence-corrected chi connectivity index (χ1v) is 5.06. The average molecular weight is 282 g/mol. The van der Waals surface area contributed by atoms with E-state index in [1.165, 1.54) is 0 Å². The number of nitrogens with zero attached hydrogens (tertiary/aromatic N) is 1. The van der Waals surface area contributed by atoms with Gasteiger partial charge in [0.15, 0.2) is 0 Å². The van der Waals surface area contributed by atoms with Gasteiger partial charge >= 0.3 is 0 Å². The van der Waals surface area contributed by atoms with Gasteiger partial charge in [-0.05, 0) is 28.1 Å². The van der Waals surface area contributed by atoms with Crippen molar-refractivity contribution in [2.24, 2.45) is 0 Å². The lowest BCUT2D eigenvalue weighted by atomic mass is 10.2. The van der Waals surface area contributed by atoms with E-state index >= 15 is 0 Å². The molecule has 1 aromatic rings. The normalized spacial score (nSPS) is 10.3. The van der Waals surface area contributed by atoms with Crippen molar-refractivity contribution in [2.75, 3.05) is 0 Å². The van der Waals surface area contributed by atoms with E-state index in [1.807, 2.05) is 0 Å². The largest absolute Gasteiger partial charge is 0.288 e. The third-order valence-electron chi connectivity index (χ3n) is 1.38. The molecule has 0 radical (unpaired) electrons. The maximum atomic E-state index is 12.9. The Hall–Kier alpha value is -0.670. The minimum atomic E-state index is -2.63. The van der Waals surface area contributed by atoms with E-state index < -0.39 is 11.6 Å². The summed E-state index contributed by atoms with van der Waals surface area (Å²) in [6.07, 6.45) is 0. The van der Waals surface area contributed by atoms with E-state index in [2.05, 4.69) is 15.9 Å². The Balaban J connectivity index is 3.19. The fourth-order valence-corrected chi connectivity index (χ4v) is 2.00. The van der Waals surface area contributed by atoms with Crippen LogP contribution in [-0.2, 0) is 0 Å². The molecule has 1 nitrogen and oxygen atoms in total. The zero-order valence-electron chi connectivity index (χ0n) is 6.60. The van der Waals surface area contributed by atoms with Crippen LogP contribution in [0.25, 0.3) is 0 Å². The van der Waals surface area contributed by atoms with Crippen molar-refractivity contribution >= 4 is 27.7 Å². The Morgan fingerprint density at radius 3 is 2.57 bits per heavy atom. The maximum Gasteiger partial charge on any atom is 0.288 e. The van der Waals surface area contributed by atoms with Gasteiger partial charge in [-0.1, -0.05) is 11.8 Å². The van der Waals surface area contributed by atoms with Crippen molar-refractivity contribution in [3.05, 3.63) is 28.0 Å². The molecule has 1 rings (SSSR count). The van der Waals surface area contributed by atoms with Crippen LogP contribution in [0, 0.1) is 17.1 Å². The van der Waals surface area contributed by atoms with Crippen molar-refractivity contribution in [3.8, 4) is 6.07 Å². The Labute approximate surface area is 91.0 Å². The summed E-state index contributed by atoms with van der Waals surface area (Å²) >= 11 is 3.05. The molecule has 0 heterocycles. The van der Waals surface area contributed by atoms with Crippen molar-refractivity contribution in [3.63, 3.8) is 0 Å². The van der Waals surface area contributed by atoms with E-state index in [0.717, 1.165) is 12.1 Å². The standard InChI is InChI=1S/C8H3BrF3NS/c9-7-4(3-13)6(14-8(11)12)2-1-5(7)10/h1-2,8H. The Bertz CT molecular complexity index is 389. The monoisotopic (exact) mass is 281 g/mol. The third kappa shape index (κ3) is 2.42. The zero-order valence-corrected chi connectivity index (χ0v) is 9.00. The second-order valence-electron chi connectivity index (χ2n) is 2.22. The molecule has 1 aromatic carbocycles. The van der Waals surface area contributed by atoms with Gasteiger partial charge in [0.2, 0.25) is 0 Å². The smallest absolute Gasteiger partial charge is 0.206 e. The van der Waals surface area contributed by atoms with Crippen LogP contribution in [0.4, 0.5) is 13.2 Å². The number of thioether (sulfide) groups is 1. The van der Waals surface area contributed by atoms with Crippen LogP contribution in [-0.4, -0.2) is 5.76 Å². The summed E-state index contributed by atoms with van der Waals surface area (Å²) < 4.78 is 36.8. The lowest BCUT2D eigenvalue weighted by Crippen LogP contribution is -1.90. The molecule has 0 unspecified atom stereocenters. The number of rotatable bonds is 2. The first-order valence-electron chi connectivity index (χ1n) is 3.39. The van der Waals surface area contributed by atoms with Gasteiger partial charge < -0.3 is 0 Å². The number of halogens is 4. The average Bonchev–Trinajstić information content (AvgIpc) is 2.11. The molecular weight excluding hydrogens is 279 g/mol.